The molecule has 0 aliphatic heterocycles. The van der Waals surface area contributed by atoms with Gasteiger partial charge < -0.3 is 5.84 Å². The predicted molar refractivity (Wildman–Crippen MR) is 42.7 cm³/mol. The monoisotopic (exact) mass is 168 g/mol. The van der Waals surface area contributed by atoms with Gasteiger partial charge in [-0.25, -0.2) is 0 Å². The second kappa shape index (κ2) is 2.10. The molecule has 0 saturated carbocycles. The van der Waals surface area contributed by atoms with Crippen molar-refractivity contribution in [3.05, 3.63) is 23.2 Å². The van der Waals surface area contributed by atoms with Crippen LogP contribution in [0, 0.1) is 0 Å². The third-order valence-electron chi connectivity index (χ3n) is 1.43. The number of hydrogen-bond acceptors (Lipinski definition) is 3. The quantitative estimate of drug-likeness (QED) is 0.592. The van der Waals surface area contributed by atoms with Gasteiger partial charge in [0, 0.05) is 5.02 Å². The van der Waals surface area contributed by atoms with Crippen molar-refractivity contribution in [2.24, 2.45) is 0 Å². The van der Waals surface area contributed by atoms with Gasteiger partial charge >= 0.3 is 0 Å². The lowest BCUT2D eigenvalue weighted by Crippen LogP contribution is -2.09. The highest BCUT2D eigenvalue weighted by Crippen LogP contribution is 2.14. The van der Waals surface area contributed by atoms with E-state index in [1.807, 2.05) is 0 Å². The van der Waals surface area contributed by atoms with Gasteiger partial charge in [0.05, 0.1) is 0 Å². The van der Waals surface area contributed by atoms with Gasteiger partial charge in [0.2, 0.25) is 0 Å². The summed E-state index contributed by atoms with van der Waals surface area (Å²) in [7, 11) is 0. The molecule has 0 spiro atoms. The predicted octanol–water partition coefficient (Wildman–Crippen LogP) is 0.798. The lowest BCUT2D eigenvalue weighted by Gasteiger charge is -1.90. The number of aromatic nitrogens is 3. The summed E-state index contributed by atoms with van der Waals surface area (Å²) in [5, 5.41) is 8.04. The van der Waals surface area contributed by atoms with Gasteiger partial charge in [-0.3, -0.25) is 0 Å². The van der Waals surface area contributed by atoms with Gasteiger partial charge in [-0.2, -0.15) is 4.79 Å². The summed E-state index contributed by atoms with van der Waals surface area (Å²) < 4.78 is 0. The van der Waals surface area contributed by atoms with Gasteiger partial charge in [0.1, 0.15) is 11.0 Å². The minimum Gasteiger partial charge on any atom is -0.321 e. The molecule has 0 saturated heterocycles. The summed E-state index contributed by atoms with van der Waals surface area (Å²) in [6, 6.07) is 5.24. The zero-order valence-electron chi connectivity index (χ0n) is 5.53. The molecule has 2 aromatic rings. The zero-order chi connectivity index (χ0) is 7.84. The smallest absolute Gasteiger partial charge is 0.116 e. The summed E-state index contributed by atoms with van der Waals surface area (Å²) in [4.78, 5) is 1.21. The van der Waals surface area contributed by atoms with Gasteiger partial charge in [0.15, 0.2) is 0 Å². The van der Waals surface area contributed by atoms with Crippen molar-refractivity contribution >= 4 is 22.6 Å². The van der Waals surface area contributed by atoms with E-state index in [1.54, 1.807) is 18.2 Å². The van der Waals surface area contributed by atoms with Crippen LogP contribution in [0.15, 0.2) is 18.2 Å². The van der Waals surface area contributed by atoms with Crippen molar-refractivity contribution in [3.63, 3.8) is 0 Å². The molecule has 0 unspecified atom stereocenters. The molecular formula is C6H5ClN4. The first-order chi connectivity index (χ1) is 5.27. The van der Waals surface area contributed by atoms with E-state index in [4.69, 9.17) is 17.4 Å². The number of benzene rings is 1. The van der Waals surface area contributed by atoms with Crippen LogP contribution in [-0.2, 0) is 0 Å². The Labute approximate surface area is 67.5 Å². The first-order valence-corrected chi connectivity index (χ1v) is 3.41. The van der Waals surface area contributed by atoms with Gasteiger partial charge in [-0.15, -0.1) is 5.10 Å². The first-order valence-electron chi connectivity index (χ1n) is 3.03. The Morgan fingerprint density at radius 1 is 1.45 bits per heavy atom. The van der Waals surface area contributed by atoms with E-state index in [0.29, 0.717) is 10.5 Å². The fourth-order valence-corrected chi connectivity index (χ4v) is 1.08. The van der Waals surface area contributed by atoms with Crippen LogP contribution >= 0.6 is 11.6 Å². The summed E-state index contributed by atoms with van der Waals surface area (Å²) in [5.74, 6) is 5.43. The molecule has 0 bridgehead atoms. The van der Waals surface area contributed by atoms with E-state index in [2.05, 4.69) is 10.3 Å². The maximum Gasteiger partial charge on any atom is 0.116 e. The zero-order valence-corrected chi connectivity index (χ0v) is 6.28. The molecule has 0 atom stereocenters. The number of hydrogen-bond donors (Lipinski definition) is 1. The number of nitrogen functional groups attached to an aromatic ring is 1. The van der Waals surface area contributed by atoms with E-state index >= 15 is 0 Å². The topological polar surface area (TPSA) is 56.7 Å². The fourth-order valence-electron chi connectivity index (χ4n) is 0.915. The summed E-state index contributed by atoms with van der Waals surface area (Å²) in [5.41, 5.74) is 1.48. The van der Waals surface area contributed by atoms with Crippen LogP contribution in [0.1, 0.15) is 0 Å². The Bertz CT molecular complexity index is 394. The highest BCUT2D eigenvalue weighted by molar-refractivity contribution is 6.31. The summed E-state index contributed by atoms with van der Waals surface area (Å²) >= 11 is 5.71. The van der Waals surface area contributed by atoms with Crippen molar-refractivity contribution < 1.29 is 0 Å². The molecule has 0 amide bonds. The van der Waals surface area contributed by atoms with Crippen molar-refractivity contribution in [2.75, 3.05) is 5.84 Å². The molecule has 11 heavy (non-hydrogen) atoms. The number of nitrogens with two attached hydrogens (primary N) is 1. The molecule has 1 heterocycles. The van der Waals surface area contributed by atoms with Crippen LogP contribution in [0.25, 0.3) is 11.0 Å². The van der Waals surface area contributed by atoms with Gasteiger partial charge in [-0.05, 0) is 23.4 Å². The van der Waals surface area contributed by atoms with E-state index < -0.39 is 0 Å². The number of fused-ring (bicyclic) bond motifs is 1. The number of nitrogens with zero attached hydrogens (tertiary/aromatic N) is 3. The average molecular weight is 169 g/mol. The summed E-state index contributed by atoms with van der Waals surface area (Å²) in [6.45, 7) is 0. The normalized spacial score (nSPS) is 10.6. The minimum absolute atomic E-state index is 0.637. The Kier molecular flexibility index (Phi) is 1.22. The Morgan fingerprint density at radius 3 is 3.09 bits per heavy atom. The lowest BCUT2D eigenvalue weighted by atomic mass is 10.3. The van der Waals surface area contributed by atoms with Crippen LogP contribution in [-0.4, -0.2) is 15.1 Å². The Balaban J connectivity index is 2.86. The van der Waals surface area contributed by atoms with Crippen LogP contribution < -0.4 is 5.84 Å². The second-order valence-corrected chi connectivity index (χ2v) is 2.60. The van der Waals surface area contributed by atoms with Crippen LogP contribution in [0.5, 0.6) is 0 Å². The third kappa shape index (κ3) is 0.914. The molecule has 0 aliphatic rings. The van der Waals surface area contributed by atoms with Crippen molar-refractivity contribution in [1.29, 1.82) is 0 Å². The van der Waals surface area contributed by atoms with Crippen LogP contribution in [0.4, 0.5) is 0 Å². The van der Waals surface area contributed by atoms with Gasteiger partial charge in [-0.1, -0.05) is 11.6 Å². The lowest BCUT2D eigenvalue weighted by molar-refractivity contribution is 0.787. The van der Waals surface area contributed by atoms with E-state index in [9.17, 15) is 0 Å². The summed E-state index contributed by atoms with van der Waals surface area (Å²) in [6.07, 6.45) is 0. The van der Waals surface area contributed by atoms with E-state index in [-0.39, 0.29) is 0 Å². The van der Waals surface area contributed by atoms with Gasteiger partial charge in [0.25, 0.3) is 0 Å². The molecule has 2 N–H and O–H groups in total. The first kappa shape index (κ1) is 6.42. The molecule has 5 heteroatoms. The average Bonchev–Trinajstić information content (AvgIpc) is 2.32. The minimum atomic E-state index is 0.637. The molecule has 0 aliphatic carbocycles. The molecule has 4 nitrogen and oxygen atoms in total. The highest BCUT2D eigenvalue weighted by Gasteiger charge is 2.00. The number of halogens is 1. The third-order valence-corrected chi connectivity index (χ3v) is 1.67. The molecule has 1 aromatic carbocycles. The Hall–Kier alpha value is -1.29. The van der Waals surface area contributed by atoms with E-state index in [0.717, 1.165) is 5.52 Å². The largest absolute Gasteiger partial charge is 0.321 e. The molecular weight excluding hydrogens is 164 g/mol. The SMILES string of the molecule is Nn1nnc2cc(Cl)ccc21. The molecule has 2 rings (SSSR count). The molecule has 0 fully saturated rings. The van der Waals surface area contributed by atoms with Crippen LogP contribution in [0.3, 0.4) is 0 Å². The second-order valence-electron chi connectivity index (χ2n) is 2.17. The maximum atomic E-state index is 5.71. The molecule has 0 radical (unpaired) electrons. The van der Waals surface area contributed by atoms with Crippen molar-refractivity contribution in [1.82, 2.24) is 15.1 Å². The number of rotatable bonds is 0. The molecule has 1 aromatic heterocycles. The maximum absolute atomic E-state index is 5.71. The Morgan fingerprint density at radius 2 is 2.27 bits per heavy atom. The van der Waals surface area contributed by atoms with E-state index in [1.165, 1.54) is 4.79 Å². The van der Waals surface area contributed by atoms with Crippen molar-refractivity contribution in [2.45, 2.75) is 0 Å². The van der Waals surface area contributed by atoms with Crippen molar-refractivity contribution in [3.8, 4) is 0 Å². The standard InChI is InChI=1S/C6H5ClN4/c7-4-1-2-6-5(3-4)9-10-11(6)8/h1-3H,8H2. The molecule has 56 valence electrons. The van der Waals surface area contributed by atoms with Crippen LogP contribution in [0.2, 0.25) is 5.02 Å². The highest BCUT2D eigenvalue weighted by atomic mass is 35.5. The fraction of sp³-hybridized carbons (Fsp3) is 0.